The number of benzene rings is 3. The largest absolute Gasteiger partial charge is 0.358 e. The lowest BCUT2D eigenvalue weighted by Gasteiger charge is -2.24. The molecule has 4 heteroatoms. The molecule has 3 aromatic carbocycles. The third kappa shape index (κ3) is 3.32. The first-order valence-corrected chi connectivity index (χ1v) is 9.17. The summed E-state index contributed by atoms with van der Waals surface area (Å²) in [5.41, 5.74) is 3.45. The van der Waals surface area contributed by atoms with Crippen LogP contribution in [0.1, 0.15) is 21.6 Å². The first-order chi connectivity index (χ1) is 13.6. The Bertz CT molecular complexity index is 1180. The number of aryl methyl sites for hydroxylation is 1. The number of H-pyrrole nitrogens is 1. The molecule has 1 heterocycles. The van der Waals surface area contributed by atoms with Crippen LogP contribution < -0.4 is 10.3 Å². The topological polar surface area (TPSA) is 53.2 Å². The number of nitrogens with one attached hydrogen (secondary N) is 1. The molecule has 1 aromatic heterocycles. The summed E-state index contributed by atoms with van der Waals surface area (Å²) >= 11 is 0. The van der Waals surface area contributed by atoms with Crippen molar-refractivity contribution in [2.45, 2.75) is 13.5 Å². The molecular formula is C24H20N2O2. The number of hydrogen-bond donors (Lipinski definition) is 1. The highest BCUT2D eigenvalue weighted by Crippen LogP contribution is 2.21. The fourth-order valence-corrected chi connectivity index (χ4v) is 3.37. The zero-order valence-corrected chi connectivity index (χ0v) is 15.6. The predicted octanol–water partition coefficient (Wildman–Crippen LogP) is 4.68. The Labute approximate surface area is 163 Å². The number of anilines is 1. The van der Waals surface area contributed by atoms with Gasteiger partial charge in [0.2, 0.25) is 0 Å². The summed E-state index contributed by atoms with van der Waals surface area (Å²) in [5, 5.41) is 0.628. The summed E-state index contributed by atoms with van der Waals surface area (Å²) in [6, 6.07) is 26.0. The highest BCUT2D eigenvalue weighted by atomic mass is 16.2. The minimum Gasteiger partial charge on any atom is -0.358 e. The number of para-hydroxylation sites is 2. The molecule has 28 heavy (non-hydrogen) atoms. The van der Waals surface area contributed by atoms with Crippen LogP contribution in [-0.2, 0) is 6.54 Å². The van der Waals surface area contributed by atoms with Gasteiger partial charge in [-0.05, 0) is 43.3 Å². The number of fused-ring (bicyclic) bond motifs is 1. The molecule has 1 N–H and O–H groups in total. The third-order valence-electron chi connectivity index (χ3n) is 4.87. The monoisotopic (exact) mass is 368 g/mol. The van der Waals surface area contributed by atoms with Gasteiger partial charge in [0.15, 0.2) is 5.43 Å². The van der Waals surface area contributed by atoms with Crippen molar-refractivity contribution < 1.29 is 4.79 Å². The smallest absolute Gasteiger partial charge is 0.258 e. The normalized spacial score (nSPS) is 10.8. The molecule has 0 aliphatic carbocycles. The molecule has 0 saturated carbocycles. The highest BCUT2D eigenvalue weighted by Gasteiger charge is 2.21. The van der Waals surface area contributed by atoms with Gasteiger partial charge in [0, 0.05) is 33.4 Å². The van der Waals surface area contributed by atoms with E-state index < -0.39 is 0 Å². The van der Waals surface area contributed by atoms with Crippen molar-refractivity contribution in [3.63, 3.8) is 0 Å². The van der Waals surface area contributed by atoms with E-state index in [4.69, 9.17) is 0 Å². The van der Waals surface area contributed by atoms with Gasteiger partial charge < -0.3 is 9.88 Å². The Balaban J connectivity index is 1.82. The fourth-order valence-electron chi connectivity index (χ4n) is 3.37. The van der Waals surface area contributed by atoms with Crippen LogP contribution in [0.2, 0.25) is 0 Å². The number of carbonyl (C=O) groups excluding carboxylic acids is 1. The Morgan fingerprint density at radius 3 is 2.18 bits per heavy atom. The van der Waals surface area contributed by atoms with Crippen LogP contribution in [0, 0.1) is 6.92 Å². The van der Waals surface area contributed by atoms with Gasteiger partial charge in [-0.2, -0.15) is 0 Å². The molecule has 0 bridgehead atoms. The van der Waals surface area contributed by atoms with Crippen LogP contribution in [-0.4, -0.2) is 10.9 Å². The lowest BCUT2D eigenvalue weighted by Crippen LogP contribution is -2.33. The van der Waals surface area contributed by atoms with E-state index in [0.717, 1.165) is 16.9 Å². The average molecular weight is 368 g/mol. The van der Waals surface area contributed by atoms with Crippen molar-refractivity contribution in [3.8, 4) is 0 Å². The van der Waals surface area contributed by atoms with Gasteiger partial charge in [0.25, 0.3) is 5.91 Å². The number of amides is 1. The predicted molar refractivity (Wildman–Crippen MR) is 113 cm³/mol. The first kappa shape index (κ1) is 17.7. The molecule has 0 radical (unpaired) electrons. The van der Waals surface area contributed by atoms with Crippen molar-refractivity contribution in [3.05, 3.63) is 112 Å². The Morgan fingerprint density at radius 1 is 0.857 bits per heavy atom. The molecule has 0 unspecified atom stereocenters. The van der Waals surface area contributed by atoms with Crippen LogP contribution in [0.15, 0.2) is 89.7 Å². The number of rotatable bonds is 4. The van der Waals surface area contributed by atoms with Crippen molar-refractivity contribution >= 4 is 22.5 Å². The summed E-state index contributed by atoms with van der Waals surface area (Å²) < 4.78 is 0. The fraction of sp³-hybridized carbons (Fsp3) is 0.0833. The number of nitrogens with zero attached hydrogens (tertiary/aromatic N) is 1. The van der Waals surface area contributed by atoms with Crippen LogP contribution in [0.3, 0.4) is 0 Å². The second kappa shape index (κ2) is 7.53. The van der Waals surface area contributed by atoms with Gasteiger partial charge in [-0.15, -0.1) is 0 Å². The van der Waals surface area contributed by atoms with Crippen LogP contribution in [0.5, 0.6) is 0 Å². The second-order valence-electron chi connectivity index (χ2n) is 6.70. The number of hydrogen-bond acceptors (Lipinski definition) is 2. The van der Waals surface area contributed by atoms with Gasteiger partial charge in [-0.1, -0.05) is 48.5 Å². The zero-order chi connectivity index (χ0) is 19.5. The van der Waals surface area contributed by atoms with E-state index in [9.17, 15) is 9.59 Å². The minimum absolute atomic E-state index is 0.0476. The standard InChI is InChI=1S/C24H20N2O2/c1-17-21(23(27)20-14-8-9-15-22(20)25-17)16-26(19-12-6-3-7-13-19)24(28)18-10-4-2-5-11-18/h2-15H,16H2,1H3,(H,25,27). The van der Waals surface area contributed by atoms with E-state index in [1.165, 1.54) is 0 Å². The molecule has 0 aliphatic heterocycles. The SMILES string of the molecule is Cc1[nH]c2ccccc2c(=O)c1CN(C(=O)c1ccccc1)c1ccccc1. The average Bonchev–Trinajstić information content (AvgIpc) is 2.74. The summed E-state index contributed by atoms with van der Waals surface area (Å²) in [5.74, 6) is -0.140. The number of carbonyl (C=O) groups is 1. The number of aromatic nitrogens is 1. The van der Waals surface area contributed by atoms with E-state index in [1.54, 1.807) is 17.0 Å². The minimum atomic E-state index is -0.140. The van der Waals surface area contributed by atoms with Crippen molar-refractivity contribution in [2.75, 3.05) is 4.90 Å². The molecule has 1 amide bonds. The molecule has 0 aliphatic rings. The summed E-state index contributed by atoms with van der Waals surface area (Å²) in [6.45, 7) is 2.07. The summed E-state index contributed by atoms with van der Waals surface area (Å²) in [7, 11) is 0. The van der Waals surface area contributed by atoms with E-state index in [1.807, 2.05) is 79.7 Å². The van der Waals surface area contributed by atoms with E-state index >= 15 is 0 Å². The first-order valence-electron chi connectivity index (χ1n) is 9.17. The van der Waals surface area contributed by atoms with Crippen LogP contribution >= 0.6 is 0 Å². The maximum absolute atomic E-state index is 13.2. The molecule has 0 atom stereocenters. The lowest BCUT2D eigenvalue weighted by molar-refractivity contribution is 0.0985. The van der Waals surface area contributed by atoms with Gasteiger partial charge in [-0.25, -0.2) is 0 Å². The quantitative estimate of drug-likeness (QED) is 0.568. The second-order valence-corrected chi connectivity index (χ2v) is 6.70. The van der Waals surface area contributed by atoms with Gasteiger partial charge in [0.05, 0.1) is 6.54 Å². The van der Waals surface area contributed by atoms with Crippen molar-refractivity contribution in [1.29, 1.82) is 0 Å². The summed E-state index contributed by atoms with van der Waals surface area (Å²) in [6.07, 6.45) is 0. The molecule has 0 spiro atoms. The molecule has 4 rings (SSSR count). The van der Waals surface area contributed by atoms with Crippen LogP contribution in [0.25, 0.3) is 10.9 Å². The highest BCUT2D eigenvalue weighted by molar-refractivity contribution is 6.06. The van der Waals surface area contributed by atoms with Crippen molar-refractivity contribution in [2.24, 2.45) is 0 Å². The molecule has 4 nitrogen and oxygen atoms in total. The van der Waals surface area contributed by atoms with Crippen LogP contribution in [0.4, 0.5) is 5.69 Å². The molecule has 0 saturated heterocycles. The zero-order valence-electron chi connectivity index (χ0n) is 15.6. The van der Waals surface area contributed by atoms with Gasteiger partial charge in [0.1, 0.15) is 0 Å². The summed E-state index contributed by atoms with van der Waals surface area (Å²) in [4.78, 5) is 31.3. The van der Waals surface area contributed by atoms with E-state index in [2.05, 4.69) is 4.98 Å². The molecule has 4 aromatic rings. The molecule has 0 fully saturated rings. The Morgan fingerprint density at radius 2 is 1.46 bits per heavy atom. The van der Waals surface area contributed by atoms with Gasteiger partial charge >= 0.3 is 0 Å². The van der Waals surface area contributed by atoms with Crippen molar-refractivity contribution in [1.82, 2.24) is 4.98 Å². The number of pyridine rings is 1. The van der Waals surface area contributed by atoms with Gasteiger partial charge in [-0.3, -0.25) is 9.59 Å². The maximum atomic E-state index is 13.2. The maximum Gasteiger partial charge on any atom is 0.258 e. The third-order valence-corrected chi connectivity index (χ3v) is 4.87. The molecular weight excluding hydrogens is 348 g/mol. The lowest BCUT2D eigenvalue weighted by atomic mass is 10.1. The number of aromatic amines is 1. The molecule has 138 valence electrons. The Hall–Kier alpha value is -3.66. The van der Waals surface area contributed by atoms with E-state index in [-0.39, 0.29) is 17.9 Å². The van der Waals surface area contributed by atoms with E-state index in [0.29, 0.717) is 16.5 Å². The Kier molecular flexibility index (Phi) is 4.77.